The molecule has 2 N–H and O–H groups in total. The number of hydrogen-bond acceptors (Lipinski definition) is 3. The van der Waals surface area contributed by atoms with Crippen molar-refractivity contribution in [2.24, 2.45) is 10.8 Å². The summed E-state index contributed by atoms with van der Waals surface area (Å²) >= 11 is 0. The molecule has 0 radical (unpaired) electrons. The molecule has 98 valence electrons. The van der Waals surface area contributed by atoms with Crippen molar-refractivity contribution in [3.63, 3.8) is 0 Å². The second-order valence-electron chi connectivity index (χ2n) is 6.03. The predicted molar refractivity (Wildman–Crippen MR) is 72.6 cm³/mol. The van der Waals surface area contributed by atoms with E-state index >= 15 is 0 Å². The lowest BCUT2D eigenvalue weighted by atomic mass is 10.0. The molecule has 1 fully saturated rings. The number of carbonyl (C=O) groups is 1. The summed E-state index contributed by atoms with van der Waals surface area (Å²) in [4.78, 5) is 16.2. The quantitative estimate of drug-likeness (QED) is 0.861. The molecule has 1 aromatic heterocycles. The van der Waals surface area contributed by atoms with Gasteiger partial charge in [0.2, 0.25) is 0 Å². The van der Waals surface area contributed by atoms with Gasteiger partial charge in [-0.05, 0) is 23.0 Å². The zero-order valence-corrected chi connectivity index (χ0v) is 11.7. The highest BCUT2D eigenvalue weighted by atomic mass is 16.2. The van der Waals surface area contributed by atoms with Crippen molar-refractivity contribution in [1.29, 1.82) is 0 Å². The monoisotopic (exact) mass is 247 g/mol. The number of anilines is 1. The smallest absolute Gasteiger partial charge is 0.270 e. The Bertz CT molecular complexity index is 448. The van der Waals surface area contributed by atoms with Crippen molar-refractivity contribution in [1.82, 2.24) is 10.3 Å². The lowest BCUT2D eigenvalue weighted by Gasteiger charge is -2.07. The van der Waals surface area contributed by atoms with Crippen LogP contribution in [0.4, 0.5) is 5.69 Å². The summed E-state index contributed by atoms with van der Waals surface area (Å²) in [7, 11) is 1.83. The molecule has 0 bridgehead atoms. The zero-order valence-electron chi connectivity index (χ0n) is 11.7. The molecule has 1 aromatic rings. The van der Waals surface area contributed by atoms with Gasteiger partial charge < -0.3 is 10.6 Å². The van der Waals surface area contributed by atoms with Crippen molar-refractivity contribution in [3.8, 4) is 0 Å². The molecule has 1 amide bonds. The van der Waals surface area contributed by atoms with E-state index in [0.29, 0.717) is 5.69 Å². The molecule has 0 spiro atoms. The molecule has 0 aliphatic heterocycles. The molecule has 1 heterocycles. The highest BCUT2D eigenvalue weighted by Crippen LogP contribution is 2.62. The standard InChI is InChI=1S/C14H21N3O/c1-13(2)12(14(13,3)4)17-11(18)10-7-6-9(15-5)8-16-10/h6-8,12,15H,1-5H3,(H,17,18). The van der Waals surface area contributed by atoms with Crippen LogP contribution in [0.2, 0.25) is 0 Å². The Labute approximate surface area is 108 Å². The third kappa shape index (κ3) is 1.85. The molecule has 4 nitrogen and oxygen atoms in total. The van der Waals surface area contributed by atoms with Crippen molar-refractivity contribution < 1.29 is 4.79 Å². The summed E-state index contributed by atoms with van der Waals surface area (Å²) in [6.07, 6.45) is 1.66. The zero-order chi connectivity index (χ0) is 13.6. The normalized spacial score (nSPS) is 20.3. The molecule has 1 saturated carbocycles. The molecule has 1 aliphatic carbocycles. The molecule has 4 heteroatoms. The average Bonchev–Trinajstić information content (AvgIpc) is 2.72. The summed E-state index contributed by atoms with van der Waals surface area (Å²) < 4.78 is 0. The van der Waals surface area contributed by atoms with Crippen molar-refractivity contribution in [2.75, 3.05) is 12.4 Å². The molecule has 0 aromatic carbocycles. The van der Waals surface area contributed by atoms with E-state index in [0.717, 1.165) is 5.69 Å². The lowest BCUT2D eigenvalue weighted by molar-refractivity contribution is 0.0938. The van der Waals surface area contributed by atoms with E-state index in [2.05, 4.69) is 43.3 Å². The Hall–Kier alpha value is -1.58. The number of amides is 1. The lowest BCUT2D eigenvalue weighted by Crippen LogP contribution is -2.30. The van der Waals surface area contributed by atoms with Gasteiger partial charge >= 0.3 is 0 Å². The van der Waals surface area contributed by atoms with Crippen molar-refractivity contribution in [2.45, 2.75) is 33.7 Å². The van der Waals surface area contributed by atoms with E-state index in [4.69, 9.17) is 0 Å². The molecule has 0 atom stereocenters. The third-order valence-electron chi connectivity index (χ3n) is 4.58. The number of rotatable bonds is 3. The van der Waals surface area contributed by atoms with Crippen LogP contribution in [0.25, 0.3) is 0 Å². The van der Waals surface area contributed by atoms with Gasteiger partial charge in [0.15, 0.2) is 0 Å². The van der Waals surface area contributed by atoms with Gasteiger partial charge in [-0.2, -0.15) is 0 Å². The van der Waals surface area contributed by atoms with Gasteiger partial charge in [-0.1, -0.05) is 27.7 Å². The number of nitrogens with zero attached hydrogens (tertiary/aromatic N) is 1. The topological polar surface area (TPSA) is 54.0 Å². The Kier molecular flexibility index (Phi) is 2.84. The molecular weight excluding hydrogens is 226 g/mol. The minimum atomic E-state index is -0.0960. The summed E-state index contributed by atoms with van der Waals surface area (Å²) in [5.41, 5.74) is 1.66. The van der Waals surface area contributed by atoms with Gasteiger partial charge in [0.1, 0.15) is 5.69 Å². The van der Waals surface area contributed by atoms with Gasteiger partial charge in [0.25, 0.3) is 5.91 Å². The summed E-state index contributed by atoms with van der Waals surface area (Å²) in [5.74, 6) is -0.0960. The first kappa shape index (κ1) is 12.9. The van der Waals surface area contributed by atoms with Crippen LogP contribution in [0, 0.1) is 10.8 Å². The average molecular weight is 247 g/mol. The largest absolute Gasteiger partial charge is 0.387 e. The Morgan fingerprint density at radius 3 is 2.22 bits per heavy atom. The van der Waals surface area contributed by atoms with Gasteiger partial charge in [-0.3, -0.25) is 4.79 Å². The first-order valence-electron chi connectivity index (χ1n) is 6.25. The number of carbonyl (C=O) groups excluding carboxylic acids is 1. The van der Waals surface area contributed by atoms with Crippen LogP contribution in [0.5, 0.6) is 0 Å². The first-order valence-corrected chi connectivity index (χ1v) is 6.25. The van der Waals surface area contributed by atoms with E-state index < -0.39 is 0 Å². The Balaban J connectivity index is 2.05. The van der Waals surface area contributed by atoms with E-state index in [1.807, 2.05) is 13.1 Å². The summed E-state index contributed by atoms with van der Waals surface area (Å²) in [6.45, 7) is 8.70. The van der Waals surface area contributed by atoms with Crippen LogP contribution in [-0.4, -0.2) is 24.0 Å². The van der Waals surface area contributed by atoms with Crippen molar-refractivity contribution >= 4 is 11.6 Å². The fourth-order valence-corrected chi connectivity index (χ4v) is 2.44. The van der Waals surface area contributed by atoms with Gasteiger partial charge in [-0.15, -0.1) is 0 Å². The maximum absolute atomic E-state index is 12.1. The molecule has 2 rings (SSSR count). The fourth-order valence-electron chi connectivity index (χ4n) is 2.44. The van der Waals surface area contributed by atoms with Gasteiger partial charge in [-0.25, -0.2) is 4.98 Å². The van der Waals surface area contributed by atoms with Gasteiger partial charge in [0.05, 0.1) is 11.9 Å². The predicted octanol–water partition coefficient (Wildman–Crippen LogP) is 2.29. The van der Waals surface area contributed by atoms with Crippen LogP contribution >= 0.6 is 0 Å². The van der Waals surface area contributed by atoms with Crippen LogP contribution in [0.1, 0.15) is 38.2 Å². The van der Waals surface area contributed by atoms with Gasteiger partial charge in [0, 0.05) is 13.1 Å². The van der Waals surface area contributed by atoms with E-state index in [9.17, 15) is 4.79 Å². The highest BCUT2D eigenvalue weighted by Gasteiger charge is 2.65. The SMILES string of the molecule is CNc1ccc(C(=O)NC2C(C)(C)C2(C)C)nc1. The van der Waals surface area contributed by atoms with E-state index in [1.54, 1.807) is 12.3 Å². The maximum Gasteiger partial charge on any atom is 0.270 e. The summed E-state index contributed by atoms with van der Waals surface area (Å²) in [6, 6.07) is 3.80. The Morgan fingerprint density at radius 1 is 1.22 bits per heavy atom. The van der Waals surface area contributed by atoms with Crippen LogP contribution < -0.4 is 10.6 Å². The molecule has 0 unspecified atom stereocenters. The maximum atomic E-state index is 12.1. The van der Waals surface area contributed by atoms with E-state index in [-0.39, 0.29) is 22.8 Å². The van der Waals surface area contributed by atoms with E-state index in [1.165, 1.54) is 0 Å². The number of aromatic nitrogens is 1. The van der Waals surface area contributed by atoms with Crippen LogP contribution in [0.15, 0.2) is 18.3 Å². The van der Waals surface area contributed by atoms with Crippen LogP contribution in [-0.2, 0) is 0 Å². The molecule has 18 heavy (non-hydrogen) atoms. The molecule has 0 saturated heterocycles. The Morgan fingerprint density at radius 2 is 1.83 bits per heavy atom. The fraction of sp³-hybridized carbons (Fsp3) is 0.571. The molecular formula is C14H21N3O. The van der Waals surface area contributed by atoms with Crippen LogP contribution in [0.3, 0.4) is 0 Å². The third-order valence-corrected chi connectivity index (χ3v) is 4.58. The number of nitrogens with one attached hydrogen (secondary N) is 2. The number of pyridine rings is 1. The van der Waals surface area contributed by atoms with Crippen molar-refractivity contribution in [3.05, 3.63) is 24.0 Å². The molecule has 1 aliphatic rings. The minimum Gasteiger partial charge on any atom is -0.387 e. The second-order valence-corrected chi connectivity index (χ2v) is 6.03. The highest BCUT2D eigenvalue weighted by molar-refractivity contribution is 5.93. The first-order chi connectivity index (χ1) is 8.30. The number of hydrogen-bond donors (Lipinski definition) is 2. The minimum absolute atomic E-state index is 0.0960. The summed E-state index contributed by atoms with van der Waals surface area (Å²) in [5, 5.41) is 6.04. The second kappa shape index (κ2) is 3.97.